The summed E-state index contributed by atoms with van der Waals surface area (Å²) in [5, 5.41) is 1.02. The molecule has 150 valence electrons. The van der Waals surface area contributed by atoms with Gasteiger partial charge in [0.15, 0.2) is 5.17 Å². The van der Waals surface area contributed by atoms with E-state index in [-0.39, 0.29) is 11.9 Å². The maximum Gasteiger partial charge on any atom is 0.338 e. The molecule has 1 amide bonds. The van der Waals surface area contributed by atoms with Crippen LogP contribution in [0.3, 0.4) is 0 Å². The minimum Gasteiger partial charge on any atom is -0.495 e. The normalized spacial score (nSPS) is 16.6. The SMILES string of the molecule is CCOC(=O)c1ccc(N=C2SC(=Cc3ccc(OC)c(Cl)c3)C(=O)N2C)cc1. The Morgan fingerprint density at radius 3 is 2.59 bits per heavy atom. The van der Waals surface area contributed by atoms with E-state index >= 15 is 0 Å². The number of halogens is 1. The lowest BCUT2D eigenvalue weighted by Gasteiger charge is -2.07. The summed E-state index contributed by atoms with van der Waals surface area (Å²) >= 11 is 7.43. The molecular weight excluding hydrogens is 412 g/mol. The fourth-order valence-corrected chi connectivity index (χ4v) is 3.83. The monoisotopic (exact) mass is 430 g/mol. The summed E-state index contributed by atoms with van der Waals surface area (Å²) in [5.41, 5.74) is 1.88. The van der Waals surface area contributed by atoms with Crippen molar-refractivity contribution < 1.29 is 19.1 Å². The molecule has 0 aliphatic carbocycles. The summed E-state index contributed by atoms with van der Waals surface area (Å²) in [4.78, 5) is 30.9. The van der Waals surface area contributed by atoms with Crippen LogP contribution in [0, 0.1) is 0 Å². The molecule has 1 saturated heterocycles. The van der Waals surface area contributed by atoms with Crippen molar-refractivity contribution in [3.05, 3.63) is 63.5 Å². The summed E-state index contributed by atoms with van der Waals surface area (Å²) in [7, 11) is 3.22. The van der Waals surface area contributed by atoms with E-state index in [1.165, 1.54) is 16.7 Å². The topological polar surface area (TPSA) is 68.2 Å². The Kier molecular flexibility index (Phi) is 6.61. The molecule has 1 heterocycles. The number of hydrogen-bond donors (Lipinski definition) is 0. The predicted molar refractivity (Wildman–Crippen MR) is 116 cm³/mol. The van der Waals surface area contributed by atoms with Crippen molar-refractivity contribution in [2.45, 2.75) is 6.92 Å². The summed E-state index contributed by atoms with van der Waals surface area (Å²) in [6.45, 7) is 2.08. The van der Waals surface area contributed by atoms with Crippen molar-refractivity contribution in [3.63, 3.8) is 0 Å². The van der Waals surface area contributed by atoms with Gasteiger partial charge in [0.2, 0.25) is 0 Å². The van der Waals surface area contributed by atoms with Crippen LogP contribution in [0.4, 0.5) is 5.69 Å². The number of amidine groups is 1. The number of rotatable bonds is 5. The van der Waals surface area contributed by atoms with E-state index in [1.54, 1.807) is 63.6 Å². The second-order valence-corrected chi connectivity index (χ2v) is 7.45. The third-order valence-corrected chi connectivity index (χ3v) is 5.44. The van der Waals surface area contributed by atoms with Gasteiger partial charge in [-0.1, -0.05) is 17.7 Å². The van der Waals surface area contributed by atoms with Crippen molar-refractivity contribution >= 4 is 52.2 Å². The number of likely N-dealkylation sites (N-methyl/N-ethyl adjacent to an activating group) is 1. The third-order valence-electron chi connectivity index (χ3n) is 4.08. The zero-order chi connectivity index (χ0) is 21.0. The van der Waals surface area contributed by atoms with E-state index in [4.69, 9.17) is 21.1 Å². The number of hydrogen-bond acceptors (Lipinski definition) is 6. The molecule has 8 heteroatoms. The Bertz CT molecular complexity index is 1000. The number of thioether (sulfide) groups is 1. The molecule has 3 rings (SSSR count). The molecule has 1 fully saturated rings. The van der Waals surface area contributed by atoms with Gasteiger partial charge in [-0.05, 0) is 66.7 Å². The number of carbonyl (C=O) groups excluding carboxylic acids is 2. The van der Waals surface area contributed by atoms with Crippen LogP contribution in [0.2, 0.25) is 5.02 Å². The van der Waals surface area contributed by atoms with Crippen molar-refractivity contribution in [2.75, 3.05) is 20.8 Å². The lowest BCUT2D eigenvalue weighted by atomic mass is 10.2. The minimum atomic E-state index is -0.377. The van der Waals surface area contributed by atoms with Gasteiger partial charge < -0.3 is 9.47 Å². The zero-order valence-corrected chi connectivity index (χ0v) is 17.7. The predicted octanol–water partition coefficient (Wildman–Crippen LogP) is 4.76. The summed E-state index contributed by atoms with van der Waals surface area (Å²) in [5.74, 6) is 0.0475. The number of methoxy groups -OCH3 is 1. The number of amides is 1. The fraction of sp³-hybridized carbons (Fsp3) is 0.190. The Hall–Kier alpha value is -2.77. The Labute approximate surface area is 178 Å². The first-order valence-corrected chi connectivity index (χ1v) is 9.99. The van der Waals surface area contributed by atoms with Crippen LogP contribution in [-0.2, 0) is 9.53 Å². The van der Waals surface area contributed by atoms with Crippen molar-refractivity contribution in [3.8, 4) is 5.75 Å². The van der Waals surface area contributed by atoms with E-state index in [0.717, 1.165) is 5.56 Å². The molecule has 0 radical (unpaired) electrons. The Morgan fingerprint density at radius 1 is 1.24 bits per heavy atom. The first kappa shape index (κ1) is 21.0. The van der Waals surface area contributed by atoms with Crippen LogP contribution >= 0.6 is 23.4 Å². The van der Waals surface area contributed by atoms with E-state index in [2.05, 4.69) is 4.99 Å². The molecule has 0 spiro atoms. The van der Waals surface area contributed by atoms with Gasteiger partial charge in [-0.3, -0.25) is 9.69 Å². The summed E-state index contributed by atoms with van der Waals surface area (Å²) in [6.07, 6.45) is 1.77. The summed E-state index contributed by atoms with van der Waals surface area (Å²) < 4.78 is 10.1. The van der Waals surface area contributed by atoms with Crippen LogP contribution < -0.4 is 4.74 Å². The number of nitrogens with zero attached hydrogens (tertiary/aromatic N) is 2. The van der Waals surface area contributed by atoms with Crippen molar-refractivity contribution in [1.82, 2.24) is 4.90 Å². The highest BCUT2D eigenvalue weighted by atomic mass is 35.5. The summed E-state index contributed by atoms with van der Waals surface area (Å²) in [6, 6.07) is 12.0. The molecule has 0 atom stereocenters. The van der Waals surface area contributed by atoms with Crippen LogP contribution in [0.15, 0.2) is 52.4 Å². The molecule has 1 aliphatic rings. The van der Waals surface area contributed by atoms with Gasteiger partial charge in [-0.2, -0.15) is 0 Å². The molecule has 0 bridgehead atoms. The lowest BCUT2D eigenvalue weighted by Crippen LogP contribution is -2.23. The standard InChI is InChI=1S/C21H19ClN2O4S/c1-4-28-20(26)14-6-8-15(9-7-14)23-21-24(2)19(25)18(29-21)12-13-5-10-17(27-3)16(22)11-13/h5-12H,4H2,1-3H3. The zero-order valence-electron chi connectivity index (χ0n) is 16.1. The van der Waals surface area contributed by atoms with Gasteiger partial charge in [-0.25, -0.2) is 9.79 Å². The fourth-order valence-electron chi connectivity index (χ4n) is 2.57. The highest BCUT2D eigenvalue weighted by molar-refractivity contribution is 8.18. The molecule has 0 aromatic heterocycles. The highest BCUT2D eigenvalue weighted by Gasteiger charge is 2.30. The molecule has 0 unspecified atom stereocenters. The van der Waals surface area contributed by atoms with Crippen molar-refractivity contribution in [2.24, 2.45) is 4.99 Å². The maximum absolute atomic E-state index is 12.6. The number of carbonyl (C=O) groups is 2. The molecule has 29 heavy (non-hydrogen) atoms. The van der Waals surface area contributed by atoms with Crippen molar-refractivity contribution in [1.29, 1.82) is 0 Å². The van der Waals surface area contributed by atoms with Crippen LogP contribution in [0.1, 0.15) is 22.8 Å². The van der Waals surface area contributed by atoms with Gasteiger partial charge in [0, 0.05) is 7.05 Å². The molecule has 1 aliphatic heterocycles. The molecule has 2 aromatic rings. The van der Waals surface area contributed by atoms with Gasteiger partial charge in [-0.15, -0.1) is 0 Å². The maximum atomic E-state index is 12.6. The number of esters is 1. The van der Waals surface area contributed by atoms with E-state index in [9.17, 15) is 9.59 Å². The number of ether oxygens (including phenoxy) is 2. The van der Waals surface area contributed by atoms with Gasteiger partial charge in [0.05, 0.1) is 34.9 Å². The Morgan fingerprint density at radius 2 is 1.97 bits per heavy atom. The first-order valence-electron chi connectivity index (χ1n) is 8.80. The molecule has 0 N–H and O–H groups in total. The molecular formula is C21H19ClN2O4S. The molecule has 6 nitrogen and oxygen atoms in total. The average Bonchev–Trinajstić information content (AvgIpc) is 2.97. The quantitative estimate of drug-likeness (QED) is 0.505. The van der Waals surface area contributed by atoms with Crippen LogP contribution in [0.5, 0.6) is 5.75 Å². The lowest BCUT2D eigenvalue weighted by molar-refractivity contribution is -0.121. The molecule has 0 saturated carbocycles. The van der Waals surface area contributed by atoms with Gasteiger partial charge >= 0.3 is 5.97 Å². The van der Waals surface area contributed by atoms with Gasteiger partial charge in [0.1, 0.15) is 5.75 Å². The molecule has 2 aromatic carbocycles. The van der Waals surface area contributed by atoms with Crippen LogP contribution in [0.25, 0.3) is 6.08 Å². The van der Waals surface area contributed by atoms with Crippen LogP contribution in [-0.4, -0.2) is 42.7 Å². The van der Waals surface area contributed by atoms with E-state index in [1.807, 2.05) is 6.07 Å². The number of benzene rings is 2. The van der Waals surface area contributed by atoms with Gasteiger partial charge in [0.25, 0.3) is 5.91 Å². The number of aliphatic imine (C=N–C) groups is 1. The second-order valence-electron chi connectivity index (χ2n) is 6.03. The second kappa shape index (κ2) is 9.15. The third kappa shape index (κ3) is 4.81. The average molecular weight is 431 g/mol. The Balaban J connectivity index is 1.81. The van der Waals surface area contributed by atoms with E-state index in [0.29, 0.717) is 38.7 Å². The van der Waals surface area contributed by atoms with E-state index < -0.39 is 0 Å². The smallest absolute Gasteiger partial charge is 0.338 e. The largest absolute Gasteiger partial charge is 0.495 e. The first-order chi connectivity index (χ1) is 13.9. The highest BCUT2D eigenvalue weighted by Crippen LogP contribution is 2.34. The minimum absolute atomic E-state index is 0.149.